The standard InChI is InChI=1S/C26H38O5/c1-9-11-16-13-25-14-18(24(7,8)30)31-21(25)17(12-10-2)20(28)26(22(25)29,23(16,5)6)19(27)15(3)4/h9-10,15-16,18-19,27,30H,1-2,11-14H2,3-8H3/t16-,18-,19?,25-,26+/m0/s1. The van der Waals surface area contributed by atoms with E-state index < -0.39 is 34.1 Å². The third-order valence-corrected chi connectivity index (χ3v) is 8.22. The lowest BCUT2D eigenvalue weighted by Gasteiger charge is -2.61. The van der Waals surface area contributed by atoms with Crippen LogP contribution < -0.4 is 0 Å². The summed E-state index contributed by atoms with van der Waals surface area (Å²) >= 11 is 0. The molecule has 0 aromatic carbocycles. The lowest BCUT2D eigenvalue weighted by molar-refractivity contribution is -0.188. The Hall–Kier alpha value is -1.72. The van der Waals surface area contributed by atoms with Gasteiger partial charge < -0.3 is 14.9 Å². The summed E-state index contributed by atoms with van der Waals surface area (Å²) in [6.07, 6.45) is 3.42. The predicted octanol–water partition coefficient (Wildman–Crippen LogP) is 4.14. The van der Waals surface area contributed by atoms with Crippen LogP contribution in [0.1, 0.15) is 67.2 Å². The van der Waals surface area contributed by atoms with Gasteiger partial charge in [0, 0.05) is 12.0 Å². The highest BCUT2D eigenvalue weighted by Crippen LogP contribution is 2.69. The molecule has 2 bridgehead atoms. The topological polar surface area (TPSA) is 83.8 Å². The van der Waals surface area contributed by atoms with E-state index in [1.54, 1.807) is 19.9 Å². The van der Waals surface area contributed by atoms with Gasteiger partial charge in [-0.2, -0.15) is 0 Å². The molecule has 0 amide bonds. The molecule has 2 aliphatic carbocycles. The van der Waals surface area contributed by atoms with Crippen LogP contribution in [0.15, 0.2) is 36.6 Å². The second-order valence-electron chi connectivity index (χ2n) is 11.1. The van der Waals surface area contributed by atoms with Crippen LogP contribution in [0.5, 0.6) is 0 Å². The number of fused-ring (bicyclic) bond motifs is 1. The zero-order chi connectivity index (χ0) is 23.6. The third-order valence-electron chi connectivity index (χ3n) is 8.22. The van der Waals surface area contributed by atoms with Gasteiger partial charge >= 0.3 is 0 Å². The van der Waals surface area contributed by atoms with Gasteiger partial charge in [0.2, 0.25) is 0 Å². The molecule has 1 unspecified atom stereocenters. The molecule has 0 radical (unpaired) electrons. The fraction of sp³-hybridized carbons (Fsp3) is 0.692. The van der Waals surface area contributed by atoms with Crippen LogP contribution >= 0.6 is 0 Å². The van der Waals surface area contributed by atoms with Gasteiger partial charge in [-0.3, -0.25) is 9.59 Å². The fourth-order valence-corrected chi connectivity index (χ4v) is 6.39. The van der Waals surface area contributed by atoms with Crippen molar-refractivity contribution in [3.05, 3.63) is 36.6 Å². The summed E-state index contributed by atoms with van der Waals surface area (Å²) in [7, 11) is 0. The first-order chi connectivity index (χ1) is 14.2. The van der Waals surface area contributed by atoms with Crippen molar-refractivity contribution in [1.82, 2.24) is 0 Å². The molecule has 3 aliphatic rings. The molecule has 5 atom stereocenters. The van der Waals surface area contributed by atoms with E-state index in [0.717, 1.165) is 0 Å². The first kappa shape index (κ1) is 23.9. The average Bonchev–Trinajstić information content (AvgIpc) is 3.04. The van der Waals surface area contributed by atoms with Crippen LogP contribution in [0, 0.1) is 28.1 Å². The van der Waals surface area contributed by atoms with Crippen LogP contribution in [0.4, 0.5) is 0 Å². The normalized spacial score (nSPS) is 35.6. The van der Waals surface area contributed by atoms with Gasteiger partial charge in [-0.1, -0.05) is 39.8 Å². The molecule has 5 nitrogen and oxygen atoms in total. The number of ketones is 2. The minimum absolute atomic E-state index is 0.0514. The van der Waals surface area contributed by atoms with Gasteiger partial charge in [0.15, 0.2) is 11.6 Å². The Morgan fingerprint density at radius 3 is 2.29 bits per heavy atom. The molecule has 1 spiro atoms. The maximum Gasteiger partial charge on any atom is 0.179 e. The predicted molar refractivity (Wildman–Crippen MR) is 120 cm³/mol. The van der Waals surface area contributed by atoms with Gasteiger partial charge in [-0.15, -0.1) is 13.2 Å². The highest BCUT2D eigenvalue weighted by molar-refractivity contribution is 6.21. The number of allylic oxidation sites excluding steroid dienone is 4. The smallest absolute Gasteiger partial charge is 0.179 e. The molecule has 2 N–H and O–H groups in total. The lowest BCUT2D eigenvalue weighted by atomic mass is 9.39. The van der Waals surface area contributed by atoms with E-state index in [2.05, 4.69) is 13.2 Å². The summed E-state index contributed by atoms with van der Waals surface area (Å²) in [5.41, 5.74) is -4.15. The van der Waals surface area contributed by atoms with Gasteiger partial charge in [-0.25, -0.2) is 0 Å². The molecule has 172 valence electrons. The van der Waals surface area contributed by atoms with Crippen molar-refractivity contribution < 1.29 is 24.5 Å². The van der Waals surface area contributed by atoms with Crippen LogP contribution in [-0.4, -0.2) is 39.6 Å². The molecule has 0 aromatic rings. The number of carbonyl (C=O) groups excluding carboxylic acids is 2. The molecular weight excluding hydrogens is 392 g/mol. The Kier molecular flexibility index (Phi) is 5.72. The first-order valence-electron chi connectivity index (χ1n) is 11.4. The lowest BCUT2D eigenvalue weighted by Crippen LogP contribution is -2.71. The Bertz CT molecular complexity index is 842. The molecule has 0 aromatic heterocycles. The van der Waals surface area contributed by atoms with E-state index >= 15 is 0 Å². The fourth-order valence-electron chi connectivity index (χ4n) is 6.39. The van der Waals surface area contributed by atoms with Crippen molar-refractivity contribution in [3.63, 3.8) is 0 Å². The number of hydrogen-bond donors (Lipinski definition) is 2. The number of aliphatic hydroxyl groups is 2. The monoisotopic (exact) mass is 430 g/mol. The van der Waals surface area contributed by atoms with E-state index in [1.165, 1.54) is 0 Å². The van der Waals surface area contributed by atoms with Gasteiger partial charge in [0.1, 0.15) is 17.3 Å². The largest absolute Gasteiger partial charge is 0.490 e. The Morgan fingerprint density at radius 2 is 1.81 bits per heavy atom. The van der Waals surface area contributed by atoms with Crippen molar-refractivity contribution in [1.29, 1.82) is 0 Å². The van der Waals surface area contributed by atoms with E-state index in [9.17, 15) is 19.8 Å². The third kappa shape index (κ3) is 2.96. The van der Waals surface area contributed by atoms with Gasteiger partial charge in [0.05, 0.1) is 17.1 Å². The van der Waals surface area contributed by atoms with Crippen LogP contribution in [0.25, 0.3) is 0 Å². The average molecular weight is 431 g/mol. The highest BCUT2D eigenvalue weighted by Gasteiger charge is 2.76. The van der Waals surface area contributed by atoms with E-state index in [4.69, 9.17) is 4.74 Å². The van der Waals surface area contributed by atoms with Crippen molar-refractivity contribution in [2.75, 3.05) is 0 Å². The zero-order valence-corrected chi connectivity index (χ0v) is 19.8. The van der Waals surface area contributed by atoms with Crippen molar-refractivity contribution in [2.24, 2.45) is 28.1 Å². The second kappa shape index (κ2) is 7.41. The van der Waals surface area contributed by atoms with E-state index in [1.807, 2.05) is 33.8 Å². The number of aliphatic hydroxyl groups excluding tert-OH is 1. The maximum atomic E-state index is 14.4. The molecule has 1 saturated carbocycles. The van der Waals surface area contributed by atoms with Crippen LogP contribution in [0.2, 0.25) is 0 Å². The summed E-state index contributed by atoms with van der Waals surface area (Å²) < 4.78 is 6.22. The minimum atomic E-state index is -1.58. The summed E-state index contributed by atoms with van der Waals surface area (Å²) in [4.78, 5) is 28.7. The molecule has 3 rings (SSSR count). The Balaban J connectivity index is 2.39. The van der Waals surface area contributed by atoms with Gasteiger partial charge in [0.25, 0.3) is 0 Å². The molecule has 31 heavy (non-hydrogen) atoms. The number of carbonyl (C=O) groups is 2. The Labute approximate surface area is 186 Å². The van der Waals surface area contributed by atoms with Gasteiger partial charge in [-0.05, 0) is 50.4 Å². The number of ether oxygens (including phenoxy) is 1. The number of Topliss-reactive ketones (excluding diaryl/α,β-unsaturated/α-hetero) is 2. The molecular formula is C26H38O5. The quantitative estimate of drug-likeness (QED) is 0.468. The first-order valence-corrected chi connectivity index (χ1v) is 11.4. The minimum Gasteiger partial charge on any atom is -0.490 e. The second-order valence-corrected chi connectivity index (χ2v) is 11.1. The van der Waals surface area contributed by atoms with Crippen molar-refractivity contribution >= 4 is 11.6 Å². The van der Waals surface area contributed by atoms with Crippen molar-refractivity contribution in [2.45, 2.75) is 85.0 Å². The Morgan fingerprint density at radius 1 is 1.19 bits per heavy atom. The van der Waals surface area contributed by atoms with Crippen LogP contribution in [0.3, 0.4) is 0 Å². The molecule has 5 heteroatoms. The van der Waals surface area contributed by atoms with Crippen LogP contribution in [-0.2, 0) is 14.3 Å². The SMILES string of the molecule is C=CCC1=C2O[C@H](C(C)(C)O)C[C@@]23C[C@H](CC=C)C(C)(C)[C@](C(O)C(C)C)(C1=O)C3=O. The summed E-state index contributed by atoms with van der Waals surface area (Å²) in [5, 5.41) is 22.3. The number of rotatable bonds is 7. The zero-order valence-electron chi connectivity index (χ0n) is 19.8. The van der Waals surface area contributed by atoms with E-state index in [0.29, 0.717) is 30.6 Å². The summed E-state index contributed by atoms with van der Waals surface area (Å²) in [5.74, 6) is -0.536. The number of hydrogen-bond acceptors (Lipinski definition) is 5. The highest BCUT2D eigenvalue weighted by atomic mass is 16.5. The molecule has 1 saturated heterocycles. The summed E-state index contributed by atoms with van der Waals surface area (Å²) in [6, 6.07) is 0. The van der Waals surface area contributed by atoms with Crippen molar-refractivity contribution in [3.8, 4) is 0 Å². The summed E-state index contributed by atoms with van der Waals surface area (Å²) in [6.45, 7) is 18.6. The maximum absolute atomic E-state index is 14.4. The molecule has 2 fully saturated rings. The van der Waals surface area contributed by atoms with E-state index in [-0.39, 0.29) is 29.8 Å². The molecule has 1 aliphatic heterocycles. The molecule has 1 heterocycles.